The molecular weight excluding hydrogens is 422 g/mol. The van der Waals surface area contributed by atoms with Crippen LogP contribution in [0.4, 0.5) is 0 Å². The predicted molar refractivity (Wildman–Crippen MR) is 132 cm³/mol. The Morgan fingerprint density at radius 3 is 2.12 bits per heavy atom. The summed E-state index contributed by atoms with van der Waals surface area (Å²) in [4.78, 5) is 13.3. The number of para-hydroxylation sites is 1. The fourth-order valence-electron chi connectivity index (χ4n) is 3.89. The number of hydrogen-bond acceptors (Lipinski definition) is 4. The smallest absolute Gasteiger partial charge is 0.267 e. The number of hydrogen-bond donors (Lipinski definition) is 0. The van der Waals surface area contributed by atoms with Crippen molar-refractivity contribution in [3.63, 3.8) is 0 Å². The number of aromatic nitrogens is 2. The molecule has 0 unspecified atom stereocenters. The average molecular weight is 444 g/mol. The maximum Gasteiger partial charge on any atom is 0.276 e. The minimum absolute atomic E-state index is 0.214. The van der Waals surface area contributed by atoms with E-state index < -0.39 is 0 Å². The molecule has 1 aromatic heterocycles. The summed E-state index contributed by atoms with van der Waals surface area (Å²) in [6, 6.07) is 31.5. The maximum atomic E-state index is 13.3. The van der Waals surface area contributed by atoms with E-state index in [2.05, 4.69) is 11.2 Å². The second-order valence-electron chi connectivity index (χ2n) is 7.79. The van der Waals surface area contributed by atoms with Crippen LogP contribution in [0.2, 0.25) is 0 Å². The minimum Gasteiger partial charge on any atom is -0.267 e. The van der Waals surface area contributed by atoms with E-state index in [-0.39, 0.29) is 18.9 Å². The monoisotopic (exact) mass is 443 g/mol. The van der Waals surface area contributed by atoms with Gasteiger partial charge in [0.1, 0.15) is 5.71 Å². The lowest BCUT2D eigenvalue weighted by Crippen LogP contribution is -2.23. The van der Waals surface area contributed by atoms with Crippen molar-refractivity contribution in [1.82, 2.24) is 14.8 Å². The lowest BCUT2D eigenvalue weighted by Gasteiger charge is -2.08. The van der Waals surface area contributed by atoms with Gasteiger partial charge in [0.05, 0.1) is 36.0 Å². The summed E-state index contributed by atoms with van der Waals surface area (Å²) in [7, 11) is 0. The maximum absolute atomic E-state index is 13.3. The summed E-state index contributed by atoms with van der Waals surface area (Å²) in [6.45, 7) is 0.248. The zero-order valence-corrected chi connectivity index (χ0v) is 18.4. The Bertz CT molecular complexity index is 1410. The fourth-order valence-corrected chi connectivity index (χ4v) is 3.89. The molecule has 0 saturated heterocycles. The summed E-state index contributed by atoms with van der Waals surface area (Å²) in [5.41, 5.74) is 5.38. The quantitative estimate of drug-likeness (QED) is 0.390. The van der Waals surface area contributed by atoms with Crippen LogP contribution < -0.4 is 0 Å². The van der Waals surface area contributed by atoms with Gasteiger partial charge in [0.2, 0.25) is 0 Å². The van der Waals surface area contributed by atoms with Crippen LogP contribution in [0.25, 0.3) is 23.0 Å². The summed E-state index contributed by atoms with van der Waals surface area (Å²) in [5, 5.41) is 19.8. The number of nitrogens with zero attached hydrogens (tertiary/aromatic N) is 5. The van der Waals surface area contributed by atoms with Gasteiger partial charge in [0.25, 0.3) is 5.91 Å². The Labute approximate surface area is 197 Å². The first kappa shape index (κ1) is 21.1. The number of rotatable bonds is 6. The molecule has 0 radical (unpaired) electrons. The lowest BCUT2D eigenvalue weighted by atomic mass is 9.99. The third-order valence-electron chi connectivity index (χ3n) is 5.53. The molecule has 0 fully saturated rings. The number of nitriles is 1. The van der Waals surface area contributed by atoms with Gasteiger partial charge in [-0.15, -0.1) is 0 Å². The number of carbonyl (C=O) groups excluding carboxylic acids is 1. The zero-order chi connectivity index (χ0) is 23.3. The van der Waals surface area contributed by atoms with E-state index in [4.69, 9.17) is 10.4 Å². The Morgan fingerprint density at radius 1 is 0.853 bits per heavy atom. The highest BCUT2D eigenvalue weighted by Gasteiger charge is 2.31. The Hall–Kier alpha value is -4.76. The molecule has 0 N–H and O–H groups in total. The molecule has 0 saturated carbocycles. The molecule has 6 heteroatoms. The van der Waals surface area contributed by atoms with Gasteiger partial charge in [-0.25, -0.2) is 9.69 Å². The van der Waals surface area contributed by atoms with Gasteiger partial charge in [-0.05, 0) is 18.2 Å². The zero-order valence-electron chi connectivity index (χ0n) is 18.4. The van der Waals surface area contributed by atoms with Crippen LogP contribution in [0.15, 0.2) is 108 Å². The van der Waals surface area contributed by atoms with Crippen LogP contribution in [-0.4, -0.2) is 33.0 Å². The standard InChI is InChI=1S/C28H21N5O/c29-17-10-18-32-28(34)25(27(31-32)22-13-6-2-7-14-22)19-23-20-33(24-15-8-3-9-16-24)30-26(23)21-11-4-1-5-12-21/h1-9,11-16,19-20H,10,18H2. The van der Waals surface area contributed by atoms with E-state index >= 15 is 0 Å². The first-order valence-electron chi connectivity index (χ1n) is 11.0. The number of benzene rings is 3. The van der Waals surface area contributed by atoms with Gasteiger partial charge in [-0.3, -0.25) is 4.79 Å². The van der Waals surface area contributed by atoms with Crippen molar-refractivity contribution in [2.75, 3.05) is 6.54 Å². The molecule has 0 aliphatic carbocycles. The first-order chi connectivity index (χ1) is 16.7. The van der Waals surface area contributed by atoms with Crippen LogP contribution >= 0.6 is 0 Å². The van der Waals surface area contributed by atoms with Crippen molar-refractivity contribution in [1.29, 1.82) is 5.26 Å². The highest BCUT2D eigenvalue weighted by molar-refractivity contribution is 6.33. The number of hydrazone groups is 1. The van der Waals surface area contributed by atoms with Gasteiger partial charge >= 0.3 is 0 Å². The molecule has 1 amide bonds. The van der Waals surface area contributed by atoms with Crippen molar-refractivity contribution >= 4 is 17.7 Å². The minimum atomic E-state index is -0.222. The molecule has 6 nitrogen and oxygen atoms in total. The van der Waals surface area contributed by atoms with Gasteiger partial charge in [-0.2, -0.15) is 15.5 Å². The van der Waals surface area contributed by atoms with Crippen molar-refractivity contribution in [2.45, 2.75) is 6.42 Å². The van der Waals surface area contributed by atoms with Crippen LogP contribution in [-0.2, 0) is 4.79 Å². The van der Waals surface area contributed by atoms with Gasteiger partial charge in [-0.1, -0.05) is 78.9 Å². The molecule has 34 heavy (non-hydrogen) atoms. The third kappa shape index (κ3) is 4.15. The summed E-state index contributed by atoms with van der Waals surface area (Å²) in [6.07, 6.45) is 4.00. The van der Waals surface area contributed by atoms with Crippen molar-refractivity contribution in [3.8, 4) is 23.0 Å². The third-order valence-corrected chi connectivity index (χ3v) is 5.53. The Morgan fingerprint density at radius 2 is 1.47 bits per heavy atom. The van der Waals surface area contributed by atoms with Gasteiger partial charge < -0.3 is 0 Å². The van der Waals surface area contributed by atoms with E-state index in [0.29, 0.717) is 11.3 Å². The molecule has 5 rings (SSSR count). The van der Waals surface area contributed by atoms with Crippen LogP contribution in [0.5, 0.6) is 0 Å². The second-order valence-corrected chi connectivity index (χ2v) is 7.79. The highest BCUT2D eigenvalue weighted by Crippen LogP contribution is 2.29. The Kier molecular flexibility index (Phi) is 5.83. The summed E-state index contributed by atoms with van der Waals surface area (Å²) in [5.74, 6) is -0.222. The molecule has 0 atom stereocenters. The Balaban J connectivity index is 1.65. The van der Waals surface area contributed by atoms with E-state index in [1.54, 1.807) is 0 Å². The molecular formula is C28H21N5O. The van der Waals surface area contributed by atoms with Crippen molar-refractivity contribution in [2.24, 2.45) is 5.10 Å². The molecule has 0 spiro atoms. The topological polar surface area (TPSA) is 74.3 Å². The van der Waals surface area contributed by atoms with Gasteiger partial charge in [0, 0.05) is 22.9 Å². The molecule has 4 aromatic rings. The highest BCUT2D eigenvalue weighted by atomic mass is 16.2. The normalized spacial score (nSPS) is 14.3. The van der Waals surface area contributed by atoms with Crippen molar-refractivity contribution in [3.05, 3.63) is 114 Å². The summed E-state index contributed by atoms with van der Waals surface area (Å²) >= 11 is 0. The van der Waals surface area contributed by atoms with E-state index in [1.165, 1.54) is 5.01 Å². The van der Waals surface area contributed by atoms with Crippen LogP contribution in [0.3, 0.4) is 0 Å². The van der Waals surface area contributed by atoms with E-state index in [0.717, 1.165) is 28.1 Å². The molecule has 1 aliphatic rings. The second kappa shape index (κ2) is 9.39. The molecule has 2 heterocycles. The summed E-state index contributed by atoms with van der Waals surface area (Å²) < 4.78 is 1.82. The molecule has 164 valence electrons. The molecule has 3 aromatic carbocycles. The van der Waals surface area contributed by atoms with E-state index in [9.17, 15) is 4.79 Å². The van der Waals surface area contributed by atoms with Crippen LogP contribution in [0.1, 0.15) is 17.5 Å². The average Bonchev–Trinajstić information content (AvgIpc) is 3.46. The SMILES string of the molecule is N#CCCN1N=C(c2ccccc2)C(=Cc2cn(-c3ccccc3)nc2-c2ccccc2)C1=O. The largest absolute Gasteiger partial charge is 0.276 e. The number of carbonyl (C=O) groups is 1. The first-order valence-corrected chi connectivity index (χ1v) is 11.0. The predicted octanol–water partition coefficient (Wildman–Crippen LogP) is 5.08. The van der Waals surface area contributed by atoms with Crippen molar-refractivity contribution < 1.29 is 4.79 Å². The van der Waals surface area contributed by atoms with Crippen LogP contribution in [0, 0.1) is 11.3 Å². The molecule has 0 bridgehead atoms. The van der Waals surface area contributed by atoms with E-state index in [1.807, 2.05) is 108 Å². The lowest BCUT2D eigenvalue weighted by molar-refractivity contribution is -0.125. The number of amides is 1. The fraction of sp³-hybridized carbons (Fsp3) is 0.0714. The van der Waals surface area contributed by atoms with Gasteiger partial charge in [0.15, 0.2) is 0 Å². The molecule has 1 aliphatic heterocycles.